The van der Waals surface area contributed by atoms with Crippen LogP contribution in [0.3, 0.4) is 0 Å². The van der Waals surface area contributed by atoms with Gasteiger partial charge in [0.25, 0.3) is 10.0 Å². The molecule has 320 valence electrons. The van der Waals surface area contributed by atoms with Gasteiger partial charge in [0, 0.05) is 25.9 Å². The molecular formula is C41H56N8O9S. The molecule has 1 aliphatic carbocycles. The lowest BCUT2D eigenvalue weighted by Crippen LogP contribution is -2.56. The molecule has 2 aromatic carbocycles. The monoisotopic (exact) mass is 836 g/mol. The van der Waals surface area contributed by atoms with E-state index in [0.717, 1.165) is 30.4 Å². The minimum absolute atomic E-state index is 0.00260. The third-order valence-electron chi connectivity index (χ3n) is 9.12. The Balaban J connectivity index is 1.67. The van der Waals surface area contributed by atoms with Crippen molar-refractivity contribution in [3.05, 3.63) is 91.0 Å². The van der Waals surface area contributed by atoms with Crippen LogP contribution in [0, 0.1) is 6.92 Å². The Hall–Kier alpha value is -6.04. The molecule has 0 radical (unpaired) electrons. The Labute approximate surface area is 345 Å². The summed E-state index contributed by atoms with van der Waals surface area (Å²) < 4.78 is 33.1. The average molecular weight is 837 g/mol. The number of rotatable bonds is 23. The molecule has 18 heteroatoms. The van der Waals surface area contributed by atoms with E-state index in [0.29, 0.717) is 12.8 Å². The van der Waals surface area contributed by atoms with E-state index in [9.17, 15) is 37.2 Å². The van der Waals surface area contributed by atoms with Gasteiger partial charge in [0.15, 0.2) is 0 Å². The summed E-state index contributed by atoms with van der Waals surface area (Å²) in [7, 11) is -3.98. The van der Waals surface area contributed by atoms with Crippen molar-refractivity contribution in [1.82, 2.24) is 31.3 Å². The molecule has 0 heterocycles. The third-order valence-corrected chi connectivity index (χ3v) is 10.5. The average Bonchev–Trinajstić information content (AvgIpc) is 3.20. The maximum Gasteiger partial charge on any atom is 0.308 e. The highest BCUT2D eigenvalue weighted by molar-refractivity contribution is 7.90. The van der Waals surface area contributed by atoms with E-state index in [4.69, 9.17) is 10.5 Å². The van der Waals surface area contributed by atoms with Crippen LogP contribution >= 0.6 is 0 Å². The van der Waals surface area contributed by atoms with Crippen LogP contribution in [0.4, 0.5) is 0 Å². The number of carbonyl (C=O) groups excluding carboxylic acids is 6. The van der Waals surface area contributed by atoms with Crippen LogP contribution in [0.2, 0.25) is 0 Å². The zero-order valence-electron chi connectivity index (χ0n) is 33.4. The quantitative estimate of drug-likeness (QED) is 0.0278. The molecule has 1 saturated carbocycles. The number of hydrogen-bond donors (Lipinski definition) is 7. The third kappa shape index (κ3) is 17.6. The maximum absolute atomic E-state index is 13.7. The number of ether oxygens (including phenoxy) is 1. The first kappa shape index (κ1) is 47.3. The first-order valence-electron chi connectivity index (χ1n) is 19.5. The van der Waals surface area contributed by atoms with Crippen LogP contribution in [0.15, 0.2) is 89.8 Å². The Morgan fingerprint density at radius 2 is 1.49 bits per heavy atom. The highest BCUT2D eigenvalue weighted by atomic mass is 32.2. The first-order valence-corrected chi connectivity index (χ1v) is 21.0. The molecule has 5 amide bonds. The van der Waals surface area contributed by atoms with E-state index in [1.807, 2.05) is 13.0 Å². The topological polar surface area (TPSA) is 256 Å². The van der Waals surface area contributed by atoms with Gasteiger partial charge in [-0.15, -0.1) is 13.2 Å². The highest BCUT2D eigenvalue weighted by Gasteiger charge is 2.31. The summed E-state index contributed by atoms with van der Waals surface area (Å²) in [6, 6.07) is 11.4. The lowest BCUT2D eigenvalue weighted by molar-refractivity contribution is -0.152. The second-order valence-corrected chi connectivity index (χ2v) is 15.7. The number of aliphatic imine (C=N–C) groups is 1. The number of nitrogens with zero attached hydrogens (tertiary/aromatic N) is 1. The molecule has 0 aromatic heterocycles. The molecule has 59 heavy (non-hydrogen) atoms. The number of hydrogen-bond acceptors (Lipinski definition) is 10. The van der Waals surface area contributed by atoms with Crippen molar-refractivity contribution in [2.75, 3.05) is 19.6 Å². The van der Waals surface area contributed by atoms with Gasteiger partial charge in [-0.2, -0.15) is 0 Å². The molecule has 0 aliphatic heterocycles. The standard InChI is InChI=1S/C41H56N8O9S/c1-4-13-35(50)46-32(18-12-24-44-41(42)49-59(56,57)31-21-19-28(3)20-22-31)38(53)45-27-36(51)47-34(26-37(52)58-30-16-10-7-11-17-30)40(55)48-33(39(54)43-23-5-2)25-29-14-8-6-9-15-29/h4-6,8-9,14-15,19-22,30,32-34H,1-2,7,10-13,16-18,23-27H2,3H3,(H,43,54)(H,45,53)(H,46,50)(H,47,51)(H,48,55)(H3,42,44,49)/t32-,33+,34-/m0/s1. The van der Waals surface area contributed by atoms with Crippen molar-refractivity contribution in [3.8, 4) is 0 Å². The van der Waals surface area contributed by atoms with Crippen molar-refractivity contribution in [1.29, 1.82) is 0 Å². The van der Waals surface area contributed by atoms with Gasteiger partial charge in [-0.05, 0) is 63.1 Å². The zero-order chi connectivity index (χ0) is 43.2. The van der Waals surface area contributed by atoms with Crippen molar-refractivity contribution in [2.45, 2.75) is 100 Å². The molecule has 1 fully saturated rings. The van der Waals surface area contributed by atoms with Gasteiger partial charge in [-0.3, -0.25) is 33.8 Å². The SMILES string of the molecule is C=CCNC(=O)[C@@H](Cc1ccccc1)NC(=O)[C@H](CC(=O)OC1CCCCC1)NC(=O)CNC(=O)[C@H](CCCN=C(N)NS(=O)(=O)c1ccc(C)cc1)NC(=O)CC=C. The second-order valence-electron chi connectivity index (χ2n) is 14.0. The van der Waals surface area contributed by atoms with Gasteiger partial charge < -0.3 is 37.1 Å². The van der Waals surface area contributed by atoms with Gasteiger partial charge in [-0.1, -0.05) is 66.6 Å². The fraction of sp³-hybridized carbons (Fsp3) is 0.439. The number of esters is 1. The highest BCUT2D eigenvalue weighted by Crippen LogP contribution is 2.21. The van der Waals surface area contributed by atoms with Crippen molar-refractivity contribution >= 4 is 51.5 Å². The molecule has 0 bridgehead atoms. The fourth-order valence-corrected chi connectivity index (χ4v) is 7.00. The molecule has 0 saturated heterocycles. The van der Waals surface area contributed by atoms with Crippen molar-refractivity contribution < 1.29 is 41.9 Å². The van der Waals surface area contributed by atoms with Crippen LogP contribution in [-0.4, -0.2) is 93.7 Å². The van der Waals surface area contributed by atoms with Crippen molar-refractivity contribution in [2.24, 2.45) is 10.7 Å². The molecule has 1 aliphatic rings. The predicted octanol–water partition coefficient (Wildman–Crippen LogP) is 1.33. The van der Waals surface area contributed by atoms with Crippen LogP contribution in [0.1, 0.15) is 68.9 Å². The summed E-state index contributed by atoms with van der Waals surface area (Å²) in [5, 5.41) is 12.8. The lowest BCUT2D eigenvalue weighted by Gasteiger charge is -2.25. The fourth-order valence-electron chi connectivity index (χ4n) is 6.05. The Bertz CT molecular complexity index is 1900. The number of aryl methyl sites for hydroxylation is 1. The molecule has 3 rings (SSSR count). The summed E-state index contributed by atoms with van der Waals surface area (Å²) in [6.45, 7) is 8.42. The Morgan fingerprint density at radius 3 is 2.15 bits per heavy atom. The predicted molar refractivity (Wildman–Crippen MR) is 222 cm³/mol. The molecule has 2 aromatic rings. The summed E-state index contributed by atoms with van der Waals surface area (Å²) in [5.74, 6) is -4.52. The summed E-state index contributed by atoms with van der Waals surface area (Å²) in [4.78, 5) is 82.9. The molecular weight excluding hydrogens is 781 g/mol. The minimum atomic E-state index is -3.98. The Kier molecular flexibility index (Phi) is 19.8. The van der Waals surface area contributed by atoms with Crippen LogP contribution in [0.5, 0.6) is 0 Å². The van der Waals surface area contributed by atoms with Crippen LogP contribution in [-0.2, 0) is 49.9 Å². The number of guanidine groups is 1. The molecule has 0 unspecified atom stereocenters. The lowest BCUT2D eigenvalue weighted by atomic mass is 9.98. The van der Waals surface area contributed by atoms with E-state index in [1.165, 1.54) is 24.3 Å². The van der Waals surface area contributed by atoms with E-state index in [1.54, 1.807) is 36.4 Å². The second kappa shape index (κ2) is 24.7. The summed E-state index contributed by atoms with van der Waals surface area (Å²) >= 11 is 0. The summed E-state index contributed by atoms with van der Waals surface area (Å²) in [5.41, 5.74) is 7.44. The van der Waals surface area contributed by atoms with Gasteiger partial charge in [-0.25, -0.2) is 13.1 Å². The van der Waals surface area contributed by atoms with Crippen molar-refractivity contribution in [3.63, 3.8) is 0 Å². The minimum Gasteiger partial charge on any atom is -0.462 e. The van der Waals surface area contributed by atoms with Crippen LogP contribution in [0.25, 0.3) is 0 Å². The van der Waals surface area contributed by atoms with Gasteiger partial charge in [0.05, 0.1) is 17.9 Å². The van der Waals surface area contributed by atoms with Gasteiger partial charge in [0.2, 0.25) is 35.5 Å². The molecule has 0 spiro atoms. The zero-order valence-corrected chi connectivity index (χ0v) is 34.2. The summed E-state index contributed by atoms with van der Waals surface area (Å²) in [6.07, 6.45) is 6.35. The smallest absolute Gasteiger partial charge is 0.308 e. The van der Waals surface area contributed by atoms with E-state index >= 15 is 0 Å². The number of carbonyl (C=O) groups is 6. The molecule has 3 atom stereocenters. The molecule has 17 nitrogen and oxygen atoms in total. The molecule has 8 N–H and O–H groups in total. The van der Waals surface area contributed by atoms with Gasteiger partial charge >= 0.3 is 5.97 Å². The number of nitrogens with two attached hydrogens (primary N) is 1. The maximum atomic E-state index is 13.7. The van der Waals surface area contributed by atoms with E-state index in [2.05, 4.69) is 49.5 Å². The number of amides is 5. The van der Waals surface area contributed by atoms with E-state index < -0.39 is 76.6 Å². The number of sulfonamides is 1. The van der Waals surface area contributed by atoms with Gasteiger partial charge in [0.1, 0.15) is 24.2 Å². The number of nitrogens with one attached hydrogen (secondary N) is 6. The Morgan fingerprint density at radius 1 is 0.831 bits per heavy atom. The first-order chi connectivity index (χ1) is 28.2. The largest absolute Gasteiger partial charge is 0.462 e. The number of benzene rings is 2. The normalized spacial score (nSPS) is 14.6. The van der Waals surface area contributed by atoms with Crippen LogP contribution < -0.4 is 37.0 Å². The van der Waals surface area contributed by atoms with E-state index in [-0.39, 0.29) is 55.7 Å².